The normalized spacial score (nSPS) is 23.1. The molecule has 2 rings (SSSR count). The lowest BCUT2D eigenvalue weighted by Gasteiger charge is -2.10. The first kappa shape index (κ1) is 15.7. The summed E-state index contributed by atoms with van der Waals surface area (Å²) in [6.07, 6.45) is 19.0. The van der Waals surface area contributed by atoms with E-state index in [0.29, 0.717) is 0 Å². The van der Waals surface area contributed by atoms with E-state index in [0.717, 1.165) is 26.3 Å². The van der Waals surface area contributed by atoms with Gasteiger partial charge < -0.3 is 10.1 Å². The standard InChI is InChI=1S/C12H22.C4H9NO/c1-2-4-6-8-10-12-11-9-7-5-3-1;1-3-6-4-2-5-1/h1-2H,3-12H2;5H,1-4H2. The first-order chi connectivity index (χ1) is 9.00. The summed E-state index contributed by atoms with van der Waals surface area (Å²) in [6.45, 7) is 3.83. The van der Waals surface area contributed by atoms with E-state index >= 15 is 0 Å². The Bertz CT molecular complexity index is 162. The highest BCUT2D eigenvalue weighted by Gasteiger charge is 1.93. The van der Waals surface area contributed by atoms with E-state index in [1.165, 1.54) is 64.2 Å². The highest BCUT2D eigenvalue weighted by molar-refractivity contribution is 4.81. The lowest BCUT2D eigenvalue weighted by Crippen LogP contribution is -2.30. The molecule has 2 aliphatic rings. The zero-order valence-electron chi connectivity index (χ0n) is 12.0. The summed E-state index contributed by atoms with van der Waals surface area (Å²) >= 11 is 0. The number of hydrogen-bond acceptors (Lipinski definition) is 2. The van der Waals surface area contributed by atoms with Crippen LogP contribution in [0.1, 0.15) is 64.2 Å². The SMILES string of the molecule is C1=CCCCCCCCCCC1.C1COCCN1. The van der Waals surface area contributed by atoms with Gasteiger partial charge in [0.1, 0.15) is 0 Å². The predicted molar refractivity (Wildman–Crippen MR) is 79.0 cm³/mol. The number of ether oxygens (including phenoxy) is 1. The molecule has 0 unspecified atom stereocenters. The summed E-state index contributed by atoms with van der Waals surface area (Å²) in [7, 11) is 0. The minimum atomic E-state index is 0.889. The Balaban J connectivity index is 0.000000225. The first-order valence-electron chi connectivity index (χ1n) is 7.93. The fraction of sp³-hybridized carbons (Fsp3) is 0.875. The van der Waals surface area contributed by atoms with Crippen LogP contribution in [0.4, 0.5) is 0 Å². The molecule has 0 spiro atoms. The Morgan fingerprint density at radius 2 is 1.06 bits per heavy atom. The molecular formula is C16H31NO. The molecule has 1 N–H and O–H groups in total. The molecule has 106 valence electrons. The van der Waals surface area contributed by atoms with Crippen LogP contribution in [-0.2, 0) is 4.74 Å². The van der Waals surface area contributed by atoms with E-state index in [-0.39, 0.29) is 0 Å². The Kier molecular flexibility index (Phi) is 11.4. The summed E-state index contributed by atoms with van der Waals surface area (Å²) in [5.74, 6) is 0. The molecule has 0 aromatic carbocycles. The number of nitrogens with one attached hydrogen (secondary N) is 1. The van der Waals surface area contributed by atoms with Crippen LogP contribution in [0.15, 0.2) is 12.2 Å². The summed E-state index contributed by atoms with van der Waals surface area (Å²) in [6, 6.07) is 0. The molecule has 0 atom stereocenters. The average molecular weight is 253 g/mol. The van der Waals surface area contributed by atoms with Crippen molar-refractivity contribution < 1.29 is 4.74 Å². The Morgan fingerprint density at radius 1 is 0.611 bits per heavy atom. The average Bonchev–Trinajstić information content (AvgIpc) is 2.42. The fourth-order valence-corrected chi connectivity index (χ4v) is 2.34. The molecule has 0 aromatic heterocycles. The molecule has 0 saturated carbocycles. The van der Waals surface area contributed by atoms with Crippen molar-refractivity contribution in [1.29, 1.82) is 0 Å². The molecule has 0 amide bonds. The van der Waals surface area contributed by atoms with Gasteiger partial charge in [-0.1, -0.05) is 50.7 Å². The second-order valence-corrected chi connectivity index (χ2v) is 5.24. The molecule has 0 radical (unpaired) electrons. The van der Waals surface area contributed by atoms with Gasteiger partial charge in [-0.3, -0.25) is 0 Å². The largest absolute Gasteiger partial charge is 0.379 e. The predicted octanol–water partition coefficient (Wildman–Crippen LogP) is 4.06. The molecule has 1 aliphatic carbocycles. The van der Waals surface area contributed by atoms with E-state index in [9.17, 15) is 0 Å². The van der Waals surface area contributed by atoms with Gasteiger partial charge in [-0.2, -0.15) is 0 Å². The van der Waals surface area contributed by atoms with Gasteiger partial charge in [0.25, 0.3) is 0 Å². The van der Waals surface area contributed by atoms with E-state index in [1.807, 2.05) is 0 Å². The minimum Gasteiger partial charge on any atom is -0.379 e. The van der Waals surface area contributed by atoms with Crippen molar-refractivity contribution in [2.24, 2.45) is 0 Å². The van der Waals surface area contributed by atoms with Crippen LogP contribution in [0.5, 0.6) is 0 Å². The molecule has 0 aromatic rings. The lowest BCUT2D eigenvalue weighted by atomic mass is 10.0. The highest BCUT2D eigenvalue weighted by Crippen LogP contribution is 2.12. The smallest absolute Gasteiger partial charge is 0.0591 e. The molecule has 1 fully saturated rings. The van der Waals surface area contributed by atoms with Gasteiger partial charge >= 0.3 is 0 Å². The maximum atomic E-state index is 5.01. The van der Waals surface area contributed by atoms with Crippen LogP contribution in [0.2, 0.25) is 0 Å². The third kappa shape index (κ3) is 10.8. The van der Waals surface area contributed by atoms with E-state index in [4.69, 9.17) is 4.74 Å². The summed E-state index contributed by atoms with van der Waals surface area (Å²) < 4.78 is 5.01. The first-order valence-corrected chi connectivity index (χ1v) is 7.93. The number of hydrogen-bond donors (Lipinski definition) is 1. The second kappa shape index (κ2) is 13.1. The van der Waals surface area contributed by atoms with Crippen molar-refractivity contribution in [3.05, 3.63) is 12.2 Å². The summed E-state index contributed by atoms with van der Waals surface area (Å²) in [4.78, 5) is 0. The summed E-state index contributed by atoms with van der Waals surface area (Å²) in [5, 5.41) is 3.16. The van der Waals surface area contributed by atoms with Crippen molar-refractivity contribution >= 4 is 0 Å². The molecule has 1 aliphatic heterocycles. The van der Waals surface area contributed by atoms with Crippen LogP contribution < -0.4 is 5.32 Å². The van der Waals surface area contributed by atoms with Crippen LogP contribution >= 0.6 is 0 Å². The lowest BCUT2D eigenvalue weighted by molar-refractivity contribution is 0.109. The van der Waals surface area contributed by atoms with Crippen LogP contribution in [-0.4, -0.2) is 26.3 Å². The van der Waals surface area contributed by atoms with Gasteiger partial charge in [0, 0.05) is 13.1 Å². The molecule has 2 nitrogen and oxygen atoms in total. The third-order valence-electron chi connectivity index (χ3n) is 3.50. The second-order valence-electron chi connectivity index (χ2n) is 5.24. The van der Waals surface area contributed by atoms with Gasteiger partial charge in [0.15, 0.2) is 0 Å². The number of allylic oxidation sites excluding steroid dienone is 2. The Morgan fingerprint density at radius 3 is 1.39 bits per heavy atom. The van der Waals surface area contributed by atoms with Crippen molar-refractivity contribution in [3.8, 4) is 0 Å². The van der Waals surface area contributed by atoms with Crippen molar-refractivity contribution in [2.45, 2.75) is 64.2 Å². The number of morpholine rings is 1. The highest BCUT2D eigenvalue weighted by atomic mass is 16.5. The zero-order valence-corrected chi connectivity index (χ0v) is 12.0. The molecule has 18 heavy (non-hydrogen) atoms. The molecule has 1 heterocycles. The van der Waals surface area contributed by atoms with Crippen molar-refractivity contribution in [1.82, 2.24) is 5.32 Å². The van der Waals surface area contributed by atoms with Crippen LogP contribution in [0.3, 0.4) is 0 Å². The third-order valence-corrected chi connectivity index (χ3v) is 3.50. The Hall–Kier alpha value is -0.340. The van der Waals surface area contributed by atoms with E-state index < -0.39 is 0 Å². The van der Waals surface area contributed by atoms with Gasteiger partial charge in [-0.25, -0.2) is 0 Å². The van der Waals surface area contributed by atoms with E-state index in [1.54, 1.807) is 0 Å². The van der Waals surface area contributed by atoms with Gasteiger partial charge in [-0.15, -0.1) is 0 Å². The van der Waals surface area contributed by atoms with Crippen LogP contribution in [0, 0.1) is 0 Å². The molecular weight excluding hydrogens is 222 g/mol. The summed E-state index contributed by atoms with van der Waals surface area (Å²) in [5.41, 5.74) is 0. The van der Waals surface area contributed by atoms with Crippen molar-refractivity contribution in [3.63, 3.8) is 0 Å². The van der Waals surface area contributed by atoms with Gasteiger partial charge in [-0.05, 0) is 25.7 Å². The maximum absolute atomic E-state index is 5.01. The van der Waals surface area contributed by atoms with Crippen LogP contribution in [0.25, 0.3) is 0 Å². The monoisotopic (exact) mass is 253 g/mol. The Labute approximate surface area is 113 Å². The minimum absolute atomic E-state index is 0.889. The quantitative estimate of drug-likeness (QED) is 0.657. The van der Waals surface area contributed by atoms with E-state index in [2.05, 4.69) is 17.5 Å². The number of rotatable bonds is 0. The van der Waals surface area contributed by atoms with Crippen molar-refractivity contribution in [2.75, 3.05) is 26.3 Å². The van der Waals surface area contributed by atoms with Gasteiger partial charge in [0.2, 0.25) is 0 Å². The van der Waals surface area contributed by atoms with Gasteiger partial charge in [0.05, 0.1) is 13.2 Å². The molecule has 1 saturated heterocycles. The fourth-order valence-electron chi connectivity index (χ4n) is 2.34. The maximum Gasteiger partial charge on any atom is 0.0591 e. The molecule has 0 bridgehead atoms. The zero-order chi connectivity index (χ0) is 12.7. The molecule has 2 heteroatoms. The topological polar surface area (TPSA) is 21.3 Å².